The quantitative estimate of drug-likeness (QED) is 0.706. The minimum absolute atomic E-state index is 0.0714. The topological polar surface area (TPSA) is 55.2 Å². The summed E-state index contributed by atoms with van der Waals surface area (Å²) >= 11 is 0. The van der Waals surface area contributed by atoms with Crippen molar-refractivity contribution in [1.29, 1.82) is 0 Å². The number of nitrogens with zero attached hydrogens (tertiary/aromatic N) is 2. The zero-order valence-electron chi connectivity index (χ0n) is 6.98. The van der Waals surface area contributed by atoms with Gasteiger partial charge in [-0.2, -0.15) is 0 Å². The molecule has 1 heterocycles. The van der Waals surface area contributed by atoms with Crippen molar-refractivity contribution in [3.63, 3.8) is 0 Å². The number of ether oxygens (including phenoxy) is 1. The summed E-state index contributed by atoms with van der Waals surface area (Å²) in [5, 5.41) is 10.1. The van der Waals surface area contributed by atoms with E-state index in [1.807, 2.05) is 0 Å². The number of hydrogen-bond donors (Lipinski definition) is 1. The second-order valence-corrected chi connectivity index (χ2v) is 2.53. The third-order valence-electron chi connectivity index (χ3n) is 1.74. The Kier molecular flexibility index (Phi) is 1.73. The molecule has 0 unspecified atom stereocenters. The Balaban J connectivity index is 2.74. The van der Waals surface area contributed by atoms with Crippen LogP contribution >= 0.6 is 0 Å². The van der Waals surface area contributed by atoms with E-state index >= 15 is 0 Å². The van der Waals surface area contributed by atoms with E-state index in [0.717, 1.165) is 5.39 Å². The molecule has 0 aliphatic carbocycles. The molecule has 0 atom stereocenters. The number of benzene rings is 1. The van der Waals surface area contributed by atoms with Gasteiger partial charge >= 0.3 is 0 Å². The molecule has 1 N–H and O–H groups in total. The Morgan fingerprint density at radius 3 is 3.08 bits per heavy atom. The summed E-state index contributed by atoms with van der Waals surface area (Å²) < 4.78 is 4.93. The van der Waals surface area contributed by atoms with E-state index in [2.05, 4.69) is 16.2 Å². The largest absolute Gasteiger partial charge is 0.504 e. The van der Waals surface area contributed by atoms with E-state index in [9.17, 15) is 5.11 Å². The van der Waals surface area contributed by atoms with Gasteiger partial charge in [-0.25, -0.2) is 9.97 Å². The molecule has 4 heteroatoms. The predicted octanol–water partition coefficient (Wildman–Crippen LogP) is 1.14. The molecule has 2 rings (SSSR count). The number of methoxy groups -OCH3 is 1. The van der Waals surface area contributed by atoms with Crippen LogP contribution in [0.2, 0.25) is 0 Å². The third-order valence-corrected chi connectivity index (χ3v) is 1.74. The Hall–Kier alpha value is -1.84. The van der Waals surface area contributed by atoms with Crippen molar-refractivity contribution in [2.45, 2.75) is 0 Å². The predicted molar refractivity (Wildman–Crippen MR) is 46.6 cm³/mol. The van der Waals surface area contributed by atoms with Gasteiger partial charge in [-0.15, -0.1) is 0 Å². The van der Waals surface area contributed by atoms with Gasteiger partial charge in [0.25, 0.3) is 0 Å². The highest BCUT2D eigenvalue weighted by molar-refractivity contribution is 5.80. The van der Waals surface area contributed by atoms with Gasteiger partial charge in [-0.1, -0.05) is 0 Å². The molecular formula is C9H7N2O2. The smallest absolute Gasteiger partial charge is 0.161 e. The summed E-state index contributed by atoms with van der Waals surface area (Å²) in [4.78, 5) is 7.70. The maximum absolute atomic E-state index is 9.41. The van der Waals surface area contributed by atoms with Gasteiger partial charge in [0.2, 0.25) is 0 Å². The molecule has 2 aromatic rings. The lowest BCUT2D eigenvalue weighted by Gasteiger charge is -2.03. The molecule has 4 nitrogen and oxygen atoms in total. The van der Waals surface area contributed by atoms with Crippen LogP contribution in [0.15, 0.2) is 18.5 Å². The first-order valence-electron chi connectivity index (χ1n) is 3.70. The maximum Gasteiger partial charge on any atom is 0.161 e. The summed E-state index contributed by atoms with van der Waals surface area (Å²) in [6, 6.07) is 3.16. The van der Waals surface area contributed by atoms with Crippen molar-refractivity contribution < 1.29 is 9.84 Å². The summed E-state index contributed by atoms with van der Waals surface area (Å²) in [5.74, 6) is 0.473. The van der Waals surface area contributed by atoms with E-state index in [4.69, 9.17) is 4.74 Å². The molecule has 0 spiro atoms. The minimum atomic E-state index is 0.0714. The second kappa shape index (κ2) is 2.90. The van der Waals surface area contributed by atoms with Gasteiger partial charge < -0.3 is 9.84 Å². The minimum Gasteiger partial charge on any atom is -0.504 e. The Bertz CT molecular complexity index is 443. The Morgan fingerprint density at radius 1 is 1.46 bits per heavy atom. The van der Waals surface area contributed by atoms with Crippen molar-refractivity contribution in [2.75, 3.05) is 7.11 Å². The molecule has 0 fully saturated rings. The van der Waals surface area contributed by atoms with Crippen molar-refractivity contribution in [3.8, 4) is 11.5 Å². The number of phenolic OH excluding ortho intramolecular Hbond substituents is 1. The fraction of sp³-hybridized carbons (Fsp3) is 0.111. The van der Waals surface area contributed by atoms with E-state index in [-0.39, 0.29) is 5.75 Å². The lowest BCUT2D eigenvalue weighted by molar-refractivity contribution is 0.374. The highest BCUT2D eigenvalue weighted by Gasteiger charge is 2.03. The fourth-order valence-corrected chi connectivity index (χ4v) is 1.11. The zero-order valence-corrected chi connectivity index (χ0v) is 6.98. The summed E-state index contributed by atoms with van der Waals surface area (Å²) in [6.07, 6.45) is 4.13. The van der Waals surface area contributed by atoms with Crippen LogP contribution in [0.25, 0.3) is 10.9 Å². The molecule has 1 radical (unpaired) electrons. The molecular weight excluding hydrogens is 168 g/mol. The van der Waals surface area contributed by atoms with Gasteiger partial charge in [0, 0.05) is 11.5 Å². The van der Waals surface area contributed by atoms with Gasteiger partial charge in [-0.05, 0) is 6.07 Å². The average molecular weight is 175 g/mol. The van der Waals surface area contributed by atoms with Gasteiger partial charge in [0.05, 0.1) is 12.6 Å². The molecule has 0 aliphatic rings. The normalized spacial score (nSPS) is 10.2. The van der Waals surface area contributed by atoms with Crippen LogP contribution in [0.4, 0.5) is 0 Å². The van der Waals surface area contributed by atoms with Crippen LogP contribution in [-0.4, -0.2) is 22.2 Å². The van der Waals surface area contributed by atoms with E-state index < -0.39 is 0 Å². The van der Waals surface area contributed by atoms with Crippen molar-refractivity contribution in [2.24, 2.45) is 0 Å². The molecule has 0 saturated heterocycles. The number of fused-ring (bicyclic) bond motifs is 1. The van der Waals surface area contributed by atoms with Crippen molar-refractivity contribution >= 4 is 10.9 Å². The molecule has 65 valence electrons. The maximum atomic E-state index is 9.41. The average Bonchev–Trinajstić information content (AvgIpc) is 2.17. The first-order chi connectivity index (χ1) is 6.31. The third kappa shape index (κ3) is 1.26. The van der Waals surface area contributed by atoms with Crippen LogP contribution in [-0.2, 0) is 0 Å². The molecule has 0 saturated carbocycles. The first-order valence-corrected chi connectivity index (χ1v) is 3.70. The SMILES string of the molecule is COc1cc2[c]ncnc2cc1O. The van der Waals surface area contributed by atoms with E-state index in [0.29, 0.717) is 11.3 Å². The van der Waals surface area contributed by atoms with Crippen LogP contribution in [0.3, 0.4) is 0 Å². The number of phenols is 1. The van der Waals surface area contributed by atoms with Crippen LogP contribution in [0.1, 0.15) is 0 Å². The molecule has 1 aromatic carbocycles. The number of rotatable bonds is 1. The number of aromatic hydroxyl groups is 1. The van der Waals surface area contributed by atoms with E-state index in [1.54, 1.807) is 6.07 Å². The lowest BCUT2D eigenvalue weighted by Crippen LogP contribution is -1.86. The number of hydrogen-bond acceptors (Lipinski definition) is 4. The van der Waals surface area contributed by atoms with Crippen molar-refractivity contribution in [1.82, 2.24) is 9.97 Å². The fourth-order valence-electron chi connectivity index (χ4n) is 1.11. The molecule has 0 aliphatic heterocycles. The summed E-state index contributed by atoms with van der Waals surface area (Å²) in [7, 11) is 1.49. The molecule has 13 heavy (non-hydrogen) atoms. The van der Waals surface area contributed by atoms with Gasteiger partial charge in [0.15, 0.2) is 11.5 Å². The van der Waals surface area contributed by atoms with Crippen LogP contribution in [0.5, 0.6) is 11.5 Å². The number of aromatic nitrogens is 2. The highest BCUT2D eigenvalue weighted by Crippen LogP contribution is 2.29. The van der Waals surface area contributed by atoms with Crippen LogP contribution in [0, 0.1) is 6.20 Å². The van der Waals surface area contributed by atoms with Gasteiger partial charge in [0.1, 0.15) is 12.5 Å². The monoisotopic (exact) mass is 175 g/mol. The summed E-state index contributed by atoms with van der Waals surface area (Å²) in [5.41, 5.74) is 0.647. The Labute approximate surface area is 74.8 Å². The molecule has 1 aromatic heterocycles. The zero-order chi connectivity index (χ0) is 9.26. The molecule has 0 bridgehead atoms. The van der Waals surface area contributed by atoms with Gasteiger partial charge in [-0.3, -0.25) is 0 Å². The summed E-state index contributed by atoms with van der Waals surface area (Å²) in [6.45, 7) is 0. The first kappa shape index (κ1) is 7.79. The second-order valence-electron chi connectivity index (χ2n) is 2.53. The van der Waals surface area contributed by atoms with Crippen molar-refractivity contribution in [3.05, 3.63) is 24.7 Å². The highest BCUT2D eigenvalue weighted by atomic mass is 16.5. The standard InChI is InChI=1S/C9H7N2O2/c1-13-9-2-6-4-10-5-11-7(6)3-8(9)12/h2-3,5,12H,1H3. The van der Waals surface area contributed by atoms with Crippen LogP contribution < -0.4 is 4.74 Å². The van der Waals surface area contributed by atoms with E-state index in [1.165, 1.54) is 19.5 Å². The Morgan fingerprint density at radius 2 is 2.31 bits per heavy atom. The lowest BCUT2D eigenvalue weighted by atomic mass is 10.2. The molecule has 0 amide bonds.